The van der Waals surface area contributed by atoms with E-state index in [1.165, 1.54) is 0 Å². The molecule has 1 radical (unpaired) electrons. The zero-order valence-corrected chi connectivity index (χ0v) is 19.6. The third-order valence-corrected chi connectivity index (χ3v) is 6.52. The number of pyridine rings is 1. The molecule has 3 rings (SSSR count). The molecule has 0 aliphatic heterocycles. The van der Waals surface area contributed by atoms with Crippen molar-refractivity contribution in [2.24, 2.45) is 12.5 Å². The molecule has 0 atom stereocenters. The summed E-state index contributed by atoms with van der Waals surface area (Å²) in [5.74, 6) is 0. The second-order valence-corrected chi connectivity index (χ2v) is 11.6. The smallest absolute Gasteiger partial charge is 0.201 e. The molecule has 0 spiro atoms. The lowest BCUT2D eigenvalue weighted by molar-refractivity contribution is -0.659. The van der Waals surface area contributed by atoms with Crippen LogP contribution in [0.5, 0.6) is 0 Å². The molecule has 3 aromatic rings. The van der Waals surface area contributed by atoms with Crippen molar-refractivity contribution in [1.82, 2.24) is 0 Å². The summed E-state index contributed by atoms with van der Waals surface area (Å²) in [7, 11) is 1.06. The van der Waals surface area contributed by atoms with Gasteiger partial charge in [-0.25, -0.2) is 4.57 Å². The molecule has 0 aliphatic carbocycles. The number of benzene rings is 2. The molecule has 0 unspecified atom stereocenters. The van der Waals surface area contributed by atoms with E-state index in [-0.39, 0.29) is 0 Å². The Morgan fingerprint density at radius 2 is 1.69 bits per heavy atom. The summed E-state index contributed by atoms with van der Waals surface area (Å²) in [6.07, 6.45) is 0.546. The first-order valence-electron chi connectivity index (χ1n) is 12.6. The molecule has 0 amide bonds. The van der Waals surface area contributed by atoms with Gasteiger partial charge in [0.1, 0.15) is 7.05 Å². The Morgan fingerprint density at radius 3 is 2.28 bits per heavy atom. The van der Waals surface area contributed by atoms with Crippen LogP contribution in [0.2, 0.25) is 13.1 Å². The van der Waals surface area contributed by atoms with Crippen molar-refractivity contribution in [3.05, 3.63) is 71.4 Å². The topological polar surface area (TPSA) is 3.88 Å². The predicted molar refractivity (Wildman–Crippen MR) is 128 cm³/mol. The maximum Gasteiger partial charge on any atom is 0.212 e. The van der Waals surface area contributed by atoms with Crippen molar-refractivity contribution in [3.8, 4) is 22.4 Å². The molecule has 0 bridgehead atoms. The molecule has 0 fully saturated rings. The highest BCUT2D eigenvalue weighted by molar-refractivity contribution is 6.71. The molecule has 1 heterocycles. The third-order valence-electron chi connectivity index (χ3n) is 5.05. The van der Waals surface area contributed by atoms with Crippen molar-refractivity contribution >= 4 is 14.0 Å². The maximum absolute atomic E-state index is 9.03. The quantitative estimate of drug-likeness (QED) is 0.369. The first-order valence-corrected chi connectivity index (χ1v) is 12.6. The largest absolute Gasteiger partial charge is 0.212 e. The summed E-state index contributed by atoms with van der Waals surface area (Å²) >= 11 is 0. The zero-order valence-electron chi connectivity index (χ0n) is 23.6. The molecule has 0 saturated heterocycles. The van der Waals surface area contributed by atoms with Gasteiger partial charge in [0.2, 0.25) is 5.69 Å². The molecule has 1 nitrogen and oxygen atoms in total. The van der Waals surface area contributed by atoms with Crippen molar-refractivity contribution < 1.29 is 11.4 Å². The second-order valence-electron chi connectivity index (χ2n) is 9.05. The van der Waals surface area contributed by atoms with E-state index in [2.05, 4.69) is 23.9 Å². The molecule has 29 heavy (non-hydrogen) atoms. The fourth-order valence-corrected chi connectivity index (χ4v) is 4.79. The molecular weight excluding hydrogens is 366 g/mol. The Bertz CT molecular complexity index is 1190. The monoisotopic (exact) mass is 406 g/mol. The van der Waals surface area contributed by atoms with Gasteiger partial charge in [0.15, 0.2) is 6.20 Å². The van der Waals surface area contributed by atoms with Crippen LogP contribution in [0.3, 0.4) is 0 Å². The first kappa shape index (κ1) is 15.6. The molecule has 151 valence electrons. The molecule has 2 heteroatoms. The van der Waals surface area contributed by atoms with Crippen molar-refractivity contribution in [2.75, 3.05) is 0 Å². The van der Waals surface area contributed by atoms with Gasteiger partial charge >= 0.3 is 0 Å². The van der Waals surface area contributed by atoms with E-state index in [1.807, 2.05) is 77.2 Å². The molecule has 0 N–H and O–H groups in total. The van der Waals surface area contributed by atoms with Crippen LogP contribution in [0.25, 0.3) is 22.4 Å². The minimum Gasteiger partial charge on any atom is -0.201 e. The molecule has 2 aromatic carbocycles. The number of hydrogen-bond donors (Lipinski definition) is 0. The number of rotatable bonds is 4. The van der Waals surface area contributed by atoms with E-state index >= 15 is 0 Å². The number of nitrogens with zero attached hydrogens (tertiary/aromatic N) is 1. The first-order chi connectivity index (χ1) is 15.6. The minimum absolute atomic E-state index is 0.331. The minimum atomic E-state index is -2.24. The van der Waals surface area contributed by atoms with Gasteiger partial charge in [0.05, 0.1) is 8.80 Å². The summed E-state index contributed by atoms with van der Waals surface area (Å²) in [6.45, 7) is 9.87. The predicted octanol–water partition coefficient (Wildman–Crippen LogP) is 6.01. The Morgan fingerprint density at radius 1 is 1.00 bits per heavy atom. The summed E-state index contributed by atoms with van der Waals surface area (Å²) in [6, 6.07) is 15.3. The lowest BCUT2D eigenvalue weighted by atomic mass is 9.87. The SMILES string of the molecule is [2H]C([2H])([2H])c1cc(C)c(-c2cc(C([2H])([2H])C(C)(C)C)c([Si](C)C)c[n+]2C)cc1-c1ccccc1. The number of aromatic nitrogens is 1. The molecular formula is C27H35NSi+. The zero-order chi connectivity index (χ0) is 25.6. The number of hydrogen-bond acceptors (Lipinski definition) is 0. The van der Waals surface area contributed by atoms with Crippen LogP contribution >= 0.6 is 0 Å². The van der Waals surface area contributed by atoms with Gasteiger partial charge in [-0.15, -0.1) is 0 Å². The van der Waals surface area contributed by atoms with Gasteiger partial charge in [-0.2, -0.15) is 0 Å². The van der Waals surface area contributed by atoms with Crippen LogP contribution in [0, 0.1) is 19.2 Å². The number of aryl methyl sites for hydroxylation is 3. The molecule has 0 saturated carbocycles. The molecule has 0 aliphatic rings. The van der Waals surface area contributed by atoms with Gasteiger partial charge in [0, 0.05) is 23.7 Å². The highest BCUT2D eigenvalue weighted by Gasteiger charge is 2.23. The van der Waals surface area contributed by atoms with Crippen LogP contribution in [-0.2, 0) is 13.4 Å². The van der Waals surface area contributed by atoms with Crippen molar-refractivity contribution in [1.29, 1.82) is 0 Å². The van der Waals surface area contributed by atoms with Crippen LogP contribution in [0.1, 0.15) is 44.3 Å². The Balaban J connectivity index is 2.37. The van der Waals surface area contributed by atoms with Gasteiger partial charge in [0.25, 0.3) is 0 Å². The van der Waals surface area contributed by atoms with E-state index in [1.54, 1.807) is 6.07 Å². The Hall–Kier alpha value is -2.19. The summed E-state index contributed by atoms with van der Waals surface area (Å²) in [4.78, 5) is 0. The third kappa shape index (κ3) is 4.87. The van der Waals surface area contributed by atoms with E-state index in [9.17, 15) is 0 Å². The maximum atomic E-state index is 9.03. The standard InChI is InChI=1S/C27H35NSi/c1-19-14-20(2)24(16-23(19)21-12-10-9-11-13-21)25-15-22(17-27(3,4)5)26(29(7)8)18-28(25)6/h9-16,18H,17H2,1-8H3/q+1/i1D3,17D2. The van der Waals surface area contributed by atoms with Gasteiger partial charge < -0.3 is 0 Å². The highest BCUT2D eigenvalue weighted by atomic mass is 28.3. The van der Waals surface area contributed by atoms with Gasteiger partial charge in [-0.3, -0.25) is 0 Å². The summed E-state index contributed by atoms with van der Waals surface area (Å²) in [5, 5.41) is 1.08. The fourth-order valence-electron chi connectivity index (χ4n) is 3.66. The van der Waals surface area contributed by atoms with Crippen LogP contribution in [0.15, 0.2) is 54.7 Å². The van der Waals surface area contributed by atoms with E-state index in [4.69, 9.17) is 6.85 Å². The second kappa shape index (κ2) is 8.28. The highest BCUT2D eigenvalue weighted by Crippen LogP contribution is 2.31. The van der Waals surface area contributed by atoms with Crippen LogP contribution in [-0.4, -0.2) is 8.80 Å². The lowest BCUT2D eigenvalue weighted by Crippen LogP contribution is -2.41. The van der Waals surface area contributed by atoms with E-state index in [0.717, 1.165) is 33.1 Å². The Labute approximate surface area is 186 Å². The summed E-state index contributed by atoms with van der Waals surface area (Å²) in [5.41, 5.74) is 4.66. The van der Waals surface area contributed by atoms with Crippen molar-refractivity contribution in [2.45, 2.75) is 54.0 Å². The molecule has 1 aromatic heterocycles. The summed E-state index contributed by atoms with van der Waals surface area (Å²) < 4.78 is 44.5. The Kier molecular flexibility index (Phi) is 4.46. The van der Waals surface area contributed by atoms with Crippen LogP contribution < -0.4 is 9.75 Å². The van der Waals surface area contributed by atoms with E-state index in [0.29, 0.717) is 11.1 Å². The average Bonchev–Trinajstić information content (AvgIpc) is 2.72. The van der Waals surface area contributed by atoms with E-state index < -0.39 is 27.4 Å². The van der Waals surface area contributed by atoms with Crippen LogP contribution in [0.4, 0.5) is 0 Å². The average molecular weight is 407 g/mol. The van der Waals surface area contributed by atoms with Gasteiger partial charge in [-0.05, 0) is 59.4 Å². The fraction of sp³-hybridized carbons (Fsp3) is 0.370. The van der Waals surface area contributed by atoms with Crippen molar-refractivity contribution in [3.63, 3.8) is 0 Å². The van der Waals surface area contributed by atoms with Gasteiger partial charge in [-0.1, -0.05) is 70.3 Å². The normalized spacial score (nSPS) is 15.4. The lowest BCUT2D eigenvalue weighted by Gasteiger charge is -2.22.